The van der Waals surface area contributed by atoms with Gasteiger partial charge in [0.1, 0.15) is 0 Å². The highest BCUT2D eigenvalue weighted by Gasteiger charge is 2.40. The zero-order chi connectivity index (χ0) is 17.0. The van der Waals surface area contributed by atoms with E-state index in [0.717, 1.165) is 39.1 Å². The molecule has 1 aromatic rings. The zero-order valence-electron chi connectivity index (χ0n) is 14.8. The van der Waals surface area contributed by atoms with Crippen LogP contribution in [0.1, 0.15) is 38.2 Å². The van der Waals surface area contributed by atoms with E-state index in [4.69, 9.17) is 0 Å². The fourth-order valence-corrected chi connectivity index (χ4v) is 4.17. The molecule has 2 fully saturated rings. The van der Waals surface area contributed by atoms with Crippen LogP contribution in [0.15, 0.2) is 30.3 Å². The first-order valence-electron chi connectivity index (χ1n) is 9.25. The molecule has 1 amide bonds. The number of piperidine rings is 2. The smallest absolute Gasteiger partial charge is 0.222 e. The van der Waals surface area contributed by atoms with Gasteiger partial charge in [-0.25, -0.2) is 0 Å². The molecule has 0 saturated carbocycles. The summed E-state index contributed by atoms with van der Waals surface area (Å²) in [4.78, 5) is 16.9. The number of hydrogen-bond acceptors (Lipinski definition) is 3. The number of nitrogens with zero attached hydrogens (tertiary/aromatic N) is 2. The van der Waals surface area contributed by atoms with E-state index < -0.39 is 0 Å². The number of carbonyl (C=O) groups is 1. The van der Waals surface area contributed by atoms with Crippen LogP contribution in [0.25, 0.3) is 0 Å². The standard InChI is InChI=1S/C20H30N2O2/c1-17(15-23)13-21-11-9-20(10-12-21)8-7-19(24)22(16-20)14-18-5-3-2-4-6-18/h2-6,17,23H,7-16H2,1H3/t17-/m1/s1. The summed E-state index contributed by atoms with van der Waals surface area (Å²) in [5.74, 6) is 0.655. The first-order chi connectivity index (χ1) is 11.6. The molecule has 0 aromatic heterocycles. The Morgan fingerprint density at radius 3 is 2.54 bits per heavy atom. The van der Waals surface area contributed by atoms with Gasteiger partial charge in [-0.15, -0.1) is 0 Å². The summed E-state index contributed by atoms with van der Waals surface area (Å²) in [7, 11) is 0. The molecule has 0 bridgehead atoms. The maximum absolute atomic E-state index is 12.4. The summed E-state index contributed by atoms with van der Waals surface area (Å²) in [6, 6.07) is 10.3. The third kappa shape index (κ3) is 4.17. The monoisotopic (exact) mass is 330 g/mol. The summed E-state index contributed by atoms with van der Waals surface area (Å²) in [5.41, 5.74) is 1.53. The number of aliphatic hydroxyl groups is 1. The number of benzene rings is 1. The molecule has 1 spiro atoms. The van der Waals surface area contributed by atoms with Gasteiger partial charge in [0.2, 0.25) is 5.91 Å². The number of hydrogen-bond donors (Lipinski definition) is 1. The second-order valence-corrected chi connectivity index (χ2v) is 7.82. The molecule has 132 valence electrons. The van der Waals surface area contributed by atoms with Crippen LogP contribution >= 0.6 is 0 Å². The van der Waals surface area contributed by atoms with Crippen molar-refractivity contribution >= 4 is 5.91 Å². The zero-order valence-corrected chi connectivity index (χ0v) is 14.8. The van der Waals surface area contributed by atoms with Crippen molar-refractivity contribution < 1.29 is 9.90 Å². The highest BCUT2D eigenvalue weighted by Crippen LogP contribution is 2.40. The topological polar surface area (TPSA) is 43.8 Å². The van der Waals surface area contributed by atoms with E-state index in [2.05, 4.69) is 28.9 Å². The Labute approximate surface area is 145 Å². The Morgan fingerprint density at radius 1 is 1.17 bits per heavy atom. The summed E-state index contributed by atoms with van der Waals surface area (Å²) in [6.45, 7) is 7.19. The van der Waals surface area contributed by atoms with Gasteiger partial charge in [-0.3, -0.25) is 4.79 Å². The van der Waals surface area contributed by atoms with Crippen molar-refractivity contribution in [2.24, 2.45) is 11.3 Å². The lowest BCUT2D eigenvalue weighted by Gasteiger charge is -2.47. The minimum absolute atomic E-state index is 0.265. The Kier molecular flexibility index (Phi) is 5.57. The van der Waals surface area contributed by atoms with Gasteiger partial charge in [-0.1, -0.05) is 37.3 Å². The summed E-state index contributed by atoms with van der Waals surface area (Å²) in [6.07, 6.45) is 4.08. The van der Waals surface area contributed by atoms with Gasteiger partial charge < -0.3 is 14.9 Å². The van der Waals surface area contributed by atoms with E-state index in [9.17, 15) is 9.90 Å². The Hall–Kier alpha value is -1.39. The second kappa shape index (κ2) is 7.66. The quantitative estimate of drug-likeness (QED) is 0.902. The van der Waals surface area contributed by atoms with Crippen LogP contribution in [-0.4, -0.2) is 53.6 Å². The number of carbonyl (C=O) groups excluding carboxylic acids is 1. The molecule has 1 aromatic carbocycles. The van der Waals surface area contributed by atoms with Crippen LogP contribution < -0.4 is 0 Å². The van der Waals surface area contributed by atoms with Gasteiger partial charge in [-0.2, -0.15) is 0 Å². The SMILES string of the molecule is C[C@@H](CO)CN1CCC2(CCC(=O)N(Cc3ccccc3)C2)CC1. The van der Waals surface area contributed by atoms with E-state index in [1.807, 2.05) is 18.2 Å². The van der Waals surface area contributed by atoms with E-state index in [1.54, 1.807) is 0 Å². The lowest BCUT2D eigenvalue weighted by molar-refractivity contribution is -0.140. The van der Waals surface area contributed by atoms with Crippen LogP contribution in [0, 0.1) is 11.3 Å². The van der Waals surface area contributed by atoms with E-state index in [1.165, 1.54) is 18.4 Å². The third-order valence-electron chi connectivity index (χ3n) is 5.76. The molecular formula is C20H30N2O2. The van der Waals surface area contributed by atoms with Crippen molar-refractivity contribution in [2.75, 3.05) is 32.8 Å². The number of rotatable bonds is 5. The summed E-state index contributed by atoms with van der Waals surface area (Å²) in [5, 5.41) is 9.24. The molecule has 2 heterocycles. The molecule has 1 N–H and O–H groups in total. The highest BCUT2D eigenvalue weighted by molar-refractivity contribution is 5.77. The molecular weight excluding hydrogens is 300 g/mol. The van der Waals surface area contributed by atoms with Crippen molar-refractivity contribution in [1.82, 2.24) is 9.80 Å². The number of amides is 1. The number of aliphatic hydroxyl groups excluding tert-OH is 1. The van der Waals surface area contributed by atoms with Gasteiger partial charge in [0.05, 0.1) is 0 Å². The average Bonchev–Trinajstić information content (AvgIpc) is 2.61. The maximum atomic E-state index is 12.4. The Bertz CT molecular complexity index is 538. The molecule has 24 heavy (non-hydrogen) atoms. The molecule has 0 aliphatic carbocycles. The largest absolute Gasteiger partial charge is 0.396 e. The van der Waals surface area contributed by atoms with Gasteiger partial charge in [0.15, 0.2) is 0 Å². The summed E-state index contributed by atoms with van der Waals surface area (Å²) >= 11 is 0. The van der Waals surface area contributed by atoms with Crippen molar-refractivity contribution in [1.29, 1.82) is 0 Å². The molecule has 3 rings (SSSR count). The van der Waals surface area contributed by atoms with Crippen molar-refractivity contribution in [3.8, 4) is 0 Å². The maximum Gasteiger partial charge on any atom is 0.222 e. The third-order valence-corrected chi connectivity index (χ3v) is 5.76. The van der Waals surface area contributed by atoms with Crippen LogP contribution in [0.5, 0.6) is 0 Å². The van der Waals surface area contributed by atoms with Gasteiger partial charge in [0.25, 0.3) is 0 Å². The average molecular weight is 330 g/mol. The molecule has 2 aliphatic heterocycles. The fraction of sp³-hybridized carbons (Fsp3) is 0.650. The van der Waals surface area contributed by atoms with Crippen molar-refractivity contribution in [3.63, 3.8) is 0 Å². The Morgan fingerprint density at radius 2 is 1.88 bits per heavy atom. The molecule has 4 heteroatoms. The van der Waals surface area contributed by atoms with Gasteiger partial charge in [0, 0.05) is 32.7 Å². The van der Waals surface area contributed by atoms with Gasteiger partial charge in [-0.05, 0) is 49.2 Å². The molecule has 4 nitrogen and oxygen atoms in total. The van der Waals surface area contributed by atoms with E-state index in [0.29, 0.717) is 23.7 Å². The van der Waals surface area contributed by atoms with E-state index in [-0.39, 0.29) is 6.61 Å². The van der Waals surface area contributed by atoms with Gasteiger partial charge >= 0.3 is 0 Å². The Balaban J connectivity index is 1.58. The lowest BCUT2D eigenvalue weighted by Crippen LogP contribution is -2.51. The second-order valence-electron chi connectivity index (χ2n) is 7.82. The lowest BCUT2D eigenvalue weighted by atomic mass is 9.72. The first-order valence-corrected chi connectivity index (χ1v) is 9.25. The molecule has 2 saturated heterocycles. The van der Waals surface area contributed by atoms with Crippen LogP contribution in [-0.2, 0) is 11.3 Å². The van der Waals surface area contributed by atoms with Crippen LogP contribution in [0.3, 0.4) is 0 Å². The normalized spacial score (nSPS) is 22.8. The predicted octanol–water partition coefficient (Wildman–Crippen LogP) is 2.52. The van der Waals surface area contributed by atoms with Crippen molar-refractivity contribution in [3.05, 3.63) is 35.9 Å². The minimum atomic E-state index is 0.265. The number of likely N-dealkylation sites (tertiary alicyclic amines) is 2. The summed E-state index contributed by atoms with van der Waals surface area (Å²) < 4.78 is 0. The van der Waals surface area contributed by atoms with Crippen LogP contribution in [0.4, 0.5) is 0 Å². The molecule has 2 aliphatic rings. The van der Waals surface area contributed by atoms with Crippen LogP contribution in [0.2, 0.25) is 0 Å². The highest BCUT2D eigenvalue weighted by atomic mass is 16.3. The van der Waals surface area contributed by atoms with E-state index >= 15 is 0 Å². The fourth-order valence-electron chi connectivity index (χ4n) is 4.17. The molecule has 1 atom stereocenters. The molecule has 0 radical (unpaired) electrons. The molecule has 0 unspecified atom stereocenters. The van der Waals surface area contributed by atoms with Crippen molar-refractivity contribution in [2.45, 2.75) is 39.2 Å². The minimum Gasteiger partial charge on any atom is -0.396 e. The predicted molar refractivity (Wildman–Crippen MR) is 95.4 cm³/mol. The first kappa shape index (κ1) is 17.4.